The van der Waals surface area contributed by atoms with Gasteiger partial charge in [-0.1, -0.05) is 63.1 Å². The number of Topliss-reactive ketones (excluding diaryl/α,β-unsaturated/α-hetero) is 2. The molecule has 0 amide bonds. The molecule has 0 aliphatic heterocycles. The summed E-state index contributed by atoms with van der Waals surface area (Å²) in [5, 5.41) is 0.575. The zero-order valence-corrected chi connectivity index (χ0v) is 16.7. The normalized spacial score (nSPS) is 11.1. The highest BCUT2D eigenvalue weighted by Gasteiger charge is 2.33. The van der Waals surface area contributed by atoms with Crippen molar-refractivity contribution in [1.29, 1.82) is 0 Å². The van der Waals surface area contributed by atoms with Crippen LogP contribution in [-0.4, -0.2) is 17.7 Å². The predicted molar refractivity (Wildman–Crippen MR) is 104 cm³/mol. The predicted octanol–water partition coefficient (Wildman–Crippen LogP) is 6.40. The summed E-state index contributed by atoms with van der Waals surface area (Å²) in [6, 6.07) is 9.25. The van der Waals surface area contributed by atoms with Gasteiger partial charge in [-0.3, -0.25) is 9.59 Å². The van der Waals surface area contributed by atoms with Crippen LogP contribution in [0.2, 0.25) is 20.1 Å². The maximum atomic E-state index is 13.0. The van der Waals surface area contributed by atoms with Gasteiger partial charge in [0, 0.05) is 6.42 Å². The van der Waals surface area contributed by atoms with Gasteiger partial charge in [0.1, 0.15) is 6.16 Å². The van der Waals surface area contributed by atoms with Crippen molar-refractivity contribution in [2.75, 3.05) is 6.16 Å². The SMILES string of the molecule is O=[PH+]CCC(C(=O)c1c(Cl)cccc1Cl)C(=O)c1c(Cl)cccc1Cl. The molecule has 1 atom stereocenters. The van der Waals surface area contributed by atoms with Crippen LogP contribution in [0, 0.1) is 5.92 Å². The monoisotopic (exact) mass is 435 g/mol. The molecule has 0 spiro atoms. The van der Waals surface area contributed by atoms with Gasteiger partial charge >= 0.3 is 8.46 Å². The Morgan fingerprint density at radius 2 is 1.16 bits per heavy atom. The van der Waals surface area contributed by atoms with Crippen LogP contribution in [0.3, 0.4) is 0 Å². The van der Waals surface area contributed by atoms with E-state index in [1.54, 1.807) is 12.1 Å². The largest absolute Gasteiger partial charge is 0.324 e. The summed E-state index contributed by atoms with van der Waals surface area (Å²) in [7, 11) is -0.646. The van der Waals surface area contributed by atoms with E-state index < -0.39 is 25.9 Å². The molecule has 2 aromatic carbocycles. The smallest absolute Gasteiger partial charge is 0.293 e. The standard InChI is InChI=1S/C17H11Cl4O3P/c18-10-3-1-4-11(19)14(10)16(22)9(7-8-25-24)17(23)15-12(20)5-2-6-13(15)21/h1-6,9H,7-8H2/p+1. The molecule has 0 saturated heterocycles. The number of carbonyl (C=O) groups is 2. The summed E-state index contributed by atoms with van der Waals surface area (Å²) in [4.78, 5) is 25.9. The first-order valence-electron chi connectivity index (χ1n) is 7.20. The number of benzene rings is 2. The molecule has 0 fully saturated rings. The number of hydrogen-bond acceptors (Lipinski definition) is 3. The van der Waals surface area contributed by atoms with Gasteiger partial charge in [0.2, 0.25) is 0 Å². The fourth-order valence-electron chi connectivity index (χ4n) is 2.40. The van der Waals surface area contributed by atoms with E-state index in [1.165, 1.54) is 24.3 Å². The van der Waals surface area contributed by atoms with Gasteiger partial charge in [-0.2, -0.15) is 0 Å². The maximum absolute atomic E-state index is 13.0. The molecule has 0 aliphatic rings. The van der Waals surface area contributed by atoms with Gasteiger partial charge in [-0.15, -0.1) is 0 Å². The van der Waals surface area contributed by atoms with E-state index in [4.69, 9.17) is 46.4 Å². The van der Waals surface area contributed by atoms with Crippen LogP contribution in [0.15, 0.2) is 36.4 Å². The molecule has 0 radical (unpaired) electrons. The van der Waals surface area contributed by atoms with E-state index in [0.717, 1.165) is 0 Å². The molecule has 8 heteroatoms. The van der Waals surface area contributed by atoms with Gasteiger partial charge in [-0.05, 0) is 24.3 Å². The van der Waals surface area contributed by atoms with Crippen molar-refractivity contribution in [3.8, 4) is 0 Å². The summed E-state index contributed by atoms with van der Waals surface area (Å²) in [6.45, 7) is 0. The van der Waals surface area contributed by atoms with Gasteiger partial charge < -0.3 is 0 Å². The second kappa shape index (κ2) is 9.12. The molecule has 0 aromatic heterocycles. The number of rotatable bonds is 7. The molecule has 1 unspecified atom stereocenters. The summed E-state index contributed by atoms with van der Waals surface area (Å²) in [6.07, 6.45) is 0.245. The summed E-state index contributed by atoms with van der Waals surface area (Å²) >= 11 is 24.3. The van der Waals surface area contributed by atoms with Crippen molar-refractivity contribution >= 4 is 66.4 Å². The van der Waals surface area contributed by atoms with E-state index in [0.29, 0.717) is 0 Å². The summed E-state index contributed by atoms with van der Waals surface area (Å²) < 4.78 is 10.9. The Labute approximate surface area is 166 Å². The lowest BCUT2D eigenvalue weighted by molar-refractivity contribution is 0.0805. The first kappa shape index (κ1) is 20.4. The van der Waals surface area contributed by atoms with Crippen molar-refractivity contribution in [1.82, 2.24) is 0 Å². The minimum atomic E-state index is -1.13. The maximum Gasteiger partial charge on any atom is 0.324 e. The van der Waals surface area contributed by atoms with E-state index in [-0.39, 0.29) is 43.8 Å². The highest BCUT2D eigenvalue weighted by Crippen LogP contribution is 2.33. The second-order valence-electron chi connectivity index (χ2n) is 5.16. The Morgan fingerprint density at radius 3 is 1.48 bits per heavy atom. The first-order valence-corrected chi connectivity index (χ1v) is 9.82. The molecular formula is C17H12Cl4O3P+. The van der Waals surface area contributed by atoms with Gasteiger partial charge in [0.25, 0.3) is 0 Å². The molecule has 130 valence electrons. The zero-order chi connectivity index (χ0) is 18.6. The van der Waals surface area contributed by atoms with Crippen molar-refractivity contribution in [3.63, 3.8) is 0 Å². The molecule has 0 N–H and O–H groups in total. The van der Waals surface area contributed by atoms with Crippen LogP contribution < -0.4 is 0 Å². The number of hydrogen-bond donors (Lipinski definition) is 0. The molecule has 0 bridgehead atoms. The van der Waals surface area contributed by atoms with Crippen molar-refractivity contribution in [2.24, 2.45) is 5.92 Å². The molecule has 0 saturated carbocycles. The molecular weight excluding hydrogens is 425 g/mol. The summed E-state index contributed by atoms with van der Waals surface area (Å²) in [5.74, 6) is -2.22. The molecule has 2 rings (SSSR count). The van der Waals surface area contributed by atoms with Crippen LogP contribution in [0.25, 0.3) is 0 Å². The number of ketones is 2. The topological polar surface area (TPSA) is 51.2 Å². The average molecular weight is 437 g/mol. The van der Waals surface area contributed by atoms with Crippen LogP contribution >= 0.6 is 54.9 Å². The van der Waals surface area contributed by atoms with Gasteiger partial charge in [0.15, 0.2) is 11.6 Å². The third-order valence-corrected chi connectivity index (χ3v) is 5.34. The zero-order valence-electron chi connectivity index (χ0n) is 12.7. The van der Waals surface area contributed by atoms with E-state index in [1.807, 2.05) is 0 Å². The fraction of sp³-hybridized carbons (Fsp3) is 0.176. The lowest BCUT2D eigenvalue weighted by Gasteiger charge is -2.16. The Kier molecular flexibility index (Phi) is 7.42. The van der Waals surface area contributed by atoms with Crippen LogP contribution in [0.5, 0.6) is 0 Å². The van der Waals surface area contributed by atoms with Crippen LogP contribution in [0.1, 0.15) is 27.1 Å². The molecule has 25 heavy (non-hydrogen) atoms. The van der Waals surface area contributed by atoms with Crippen LogP contribution in [-0.2, 0) is 4.57 Å². The minimum Gasteiger partial charge on any atom is -0.293 e. The first-order chi connectivity index (χ1) is 11.9. The molecule has 0 aliphatic carbocycles. The Hall–Kier alpha value is -0.960. The van der Waals surface area contributed by atoms with Crippen molar-refractivity contribution in [2.45, 2.75) is 6.42 Å². The van der Waals surface area contributed by atoms with E-state index in [2.05, 4.69) is 0 Å². The molecule has 2 aromatic rings. The average Bonchev–Trinajstić information content (AvgIpc) is 2.55. The Balaban J connectivity index is 2.51. The fourth-order valence-corrected chi connectivity index (χ4v) is 3.97. The Morgan fingerprint density at radius 1 is 0.800 bits per heavy atom. The van der Waals surface area contributed by atoms with E-state index in [9.17, 15) is 14.2 Å². The second-order valence-corrected chi connectivity index (χ2v) is 7.57. The van der Waals surface area contributed by atoms with Gasteiger partial charge in [0.05, 0.1) is 37.1 Å². The van der Waals surface area contributed by atoms with Gasteiger partial charge in [-0.25, -0.2) is 0 Å². The quantitative estimate of drug-likeness (QED) is 0.286. The van der Waals surface area contributed by atoms with Crippen molar-refractivity contribution in [3.05, 3.63) is 67.6 Å². The highest BCUT2D eigenvalue weighted by atomic mass is 35.5. The summed E-state index contributed by atoms with van der Waals surface area (Å²) in [5.41, 5.74) is 0.114. The molecule has 0 heterocycles. The number of halogens is 4. The molecule has 3 nitrogen and oxygen atoms in total. The third-order valence-electron chi connectivity index (χ3n) is 3.59. The number of carbonyl (C=O) groups excluding carboxylic acids is 2. The minimum absolute atomic E-state index is 0.0570. The lowest BCUT2D eigenvalue weighted by atomic mass is 9.88. The highest BCUT2D eigenvalue weighted by molar-refractivity contribution is 7.23. The lowest BCUT2D eigenvalue weighted by Crippen LogP contribution is -2.26. The van der Waals surface area contributed by atoms with Crippen LogP contribution in [0.4, 0.5) is 0 Å². The van der Waals surface area contributed by atoms with Crippen molar-refractivity contribution < 1.29 is 14.2 Å². The Bertz CT molecular complexity index is 735. The van der Waals surface area contributed by atoms with E-state index >= 15 is 0 Å². The third kappa shape index (κ3) is 4.61.